The van der Waals surface area contributed by atoms with E-state index in [1.807, 2.05) is 13.8 Å². The maximum atomic E-state index is 14.1. The van der Waals surface area contributed by atoms with Gasteiger partial charge in [-0.05, 0) is 73.4 Å². The van der Waals surface area contributed by atoms with Crippen LogP contribution in [0.25, 0.3) is 22.0 Å². The second kappa shape index (κ2) is 10.4. The number of fused-ring (bicyclic) bond motifs is 2. The summed E-state index contributed by atoms with van der Waals surface area (Å²) in [4.78, 5) is 30.2. The Morgan fingerprint density at radius 3 is 2.51 bits per heavy atom. The number of hydrogen-bond acceptors (Lipinski definition) is 6. The number of aliphatic carboxylic acids is 1. The molecule has 8 heteroatoms. The maximum absolute atomic E-state index is 14.1. The van der Waals surface area contributed by atoms with Crippen LogP contribution in [0, 0.1) is 25.1 Å². The molecule has 6 rings (SSSR count). The molecule has 0 aliphatic carbocycles. The lowest BCUT2D eigenvalue weighted by Gasteiger charge is -2.40. The highest BCUT2D eigenvalue weighted by atomic mass is 19.1. The predicted octanol–water partition coefficient (Wildman–Crippen LogP) is 6.26. The first-order chi connectivity index (χ1) is 19.6. The van der Waals surface area contributed by atoms with Crippen molar-refractivity contribution in [3.05, 3.63) is 76.6 Å². The van der Waals surface area contributed by atoms with Crippen molar-refractivity contribution in [2.24, 2.45) is 5.41 Å². The van der Waals surface area contributed by atoms with Gasteiger partial charge in [0, 0.05) is 54.1 Å². The zero-order chi connectivity index (χ0) is 28.9. The quantitative estimate of drug-likeness (QED) is 0.312. The van der Waals surface area contributed by atoms with Gasteiger partial charge < -0.3 is 14.9 Å². The monoisotopic (exact) mass is 553 g/mol. The molecular weight excluding hydrogens is 517 g/mol. The van der Waals surface area contributed by atoms with Crippen LogP contribution in [-0.2, 0) is 24.2 Å². The highest BCUT2D eigenvalue weighted by Crippen LogP contribution is 2.42. The van der Waals surface area contributed by atoms with Crippen molar-refractivity contribution >= 4 is 28.4 Å². The number of aromatic nitrogens is 3. The van der Waals surface area contributed by atoms with Gasteiger partial charge in [-0.25, -0.2) is 14.4 Å². The Balaban J connectivity index is 1.39. The second-order valence-electron chi connectivity index (χ2n) is 12.2. The molecule has 1 fully saturated rings. The number of carbonyl (C=O) groups is 1. The molecule has 4 aromatic rings. The summed E-state index contributed by atoms with van der Waals surface area (Å²) in [5, 5.41) is 10.5. The van der Waals surface area contributed by atoms with Crippen LogP contribution in [0.5, 0.6) is 0 Å². The Hall–Kier alpha value is -4.07. The minimum absolute atomic E-state index is 0.0469. The van der Waals surface area contributed by atoms with E-state index < -0.39 is 5.97 Å². The van der Waals surface area contributed by atoms with Gasteiger partial charge in [-0.15, -0.1) is 0 Å². The molecule has 41 heavy (non-hydrogen) atoms. The Morgan fingerprint density at radius 2 is 1.76 bits per heavy atom. The van der Waals surface area contributed by atoms with Crippen molar-refractivity contribution in [2.45, 2.75) is 59.9 Å². The number of nitrogens with zero attached hydrogens (tertiary/aromatic N) is 5. The maximum Gasteiger partial charge on any atom is 0.307 e. The number of aryl methyl sites for hydroxylation is 2. The number of halogens is 1. The minimum atomic E-state index is -0.842. The number of carboxylic acid groups (broad SMARTS) is 1. The van der Waals surface area contributed by atoms with Crippen LogP contribution in [0.15, 0.2) is 42.7 Å². The number of pyridine rings is 1. The van der Waals surface area contributed by atoms with Crippen molar-refractivity contribution in [2.75, 3.05) is 29.4 Å². The van der Waals surface area contributed by atoms with E-state index in [0.29, 0.717) is 11.9 Å². The molecule has 0 radical (unpaired) electrons. The average Bonchev–Trinajstić information content (AvgIpc) is 2.93. The second-order valence-corrected chi connectivity index (χ2v) is 12.2. The zero-order valence-corrected chi connectivity index (χ0v) is 24.2. The van der Waals surface area contributed by atoms with E-state index in [1.165, 1.54) is 23.3 Å². The first kappa shape index (κ1) is 27.1. The summed E-state index contributed by atoms with van der Waals surface area (Å²) in [6.45, 7) is 11.8. The van der Waals surface area contributed by atoms with Gasteiger partial charge in [-0.1, -0.05) is 32.0 Å². The standard InChI is InChI=1S/C33H36FN5O2/c1-20-26(17-29(40)41)31(38-13-10-33(3,4)11-14-38)30(21(2)37-20)23-5-6-24-18-39(12-9-22(24)15-23)32-27-16-25(34)7-8-28(27)35-19-36-32/h5-8,15-16,19H,9-14,17-18H2,1-4H3,(H,40,41). The largest absolute Gasteiger partial charge is 0.481 e. The van der Waals surface area contributed by atoms with Crippen LogP contribution in [0.4, 0.5) is 15.9 Å². The van der Waals surface area contributed by atoms with Crippen LogP contribution >= 0.6 is 0 Å². The molecule has 0 spiro atoms. The van der Waals surface area contributed by atoms with E-state index in [9.17, 15) is 14.3 Å². The van der Waals surface area contributed by atoms with Crippen LogP contribution in [-0.4, -0.2) is 45.7 Å². The molecule has 2 aromatic heterocycles. The first-order valence-corrected chi connectivity index (χ1v) is 14.3. The van der Waals surface area contributed by atoms with Crippen molar-refractivity contribution in [1.82, 2.24) is 15.0 Å². The average molecular weight is 554 g/mol. The van der Waals surface area contributed by atoms with Crippen LogP contribution in [0.3, 0.4) is 0 Å². The summed E-state index contributed by atoms with van der Waals surface area (Å²) in [5.41, 5.74) is 9.12. The molecule has 2 aromatic carbocycles. The third-order valence-electron chi connectivity index (χ3n) is 8.80. The van der Waals surface area contributed by atoms with Gasteiger partial charge in [0.25, 0.3) is 0 Å². The van der Waals surface area contributed by atoms with E-state index >= 15 is 0 Å². The number of hydrogen-bond donors (Lipinski definition) is 1. The molecule has 4 heterocycles. The number of anilines is 2. The molecule has 2 aliphatic heterocycles. The summed E-state index contributed by atoms with van der Waals surface area (Å²) in [7, 11) is 0. The molecule has 0 atom stereocenters. The van der Waals surface area contributed by atoms with Gasteiger partial charge in [0.2, 0.25) is 0 Å². The lowest BCUT2D eigenvalue weighted by atomic mass is 9.82. The number of piperidine rings is 1. The molecular formula is C33H36FN5O2. The van der Waals surface area contributed by atoms with Gasteiger partial charge in [-0.2, -0.15) is 0 Å². The Kier molecular flexibility index (Phi) is 6.88. The van der Waals surface area contributed by atoms with Crippen LogP contribution in [0.2, 0.25) is 0 Å². The Morgan fingerprint density at radius 1 is 0.976 bits per heavy atom. The lowest BCUT2D eigenvalue weighted by molar-refractivity contribution is -0.136. The third-order valence-corrected chi connectivity index (χ3v) is 8.80. The molecule has 7 nitrogen and oxygen atoms in total. The minimum Gasteiger partial charge on any atom is -0.481 e. The lowest BCUT2D eigenvalue weighted by Crippen LogP contribution is -2.38. The highest BCUT2D eigenvalue weighted by Gasteiger charge is 2.31. The van der Waals surface area contributed by atoms with Gasteiger partial charge in [-0.3, -0.25) is 9.78 Å². The van der Waals surface area contributed by atoms with Gasteiger partial charge in [0.15, 0.2) is 0 Å². The summed E-state index contributed by atoms with van der Waals surface area (Å²) in [6.07, 6.45) is 4.42. The Bertz CT molecular complexity index is 1660. The van der Waals surface area contributed by atoms with E-state index in [0.717, 1.165) is 84.0 Å². The molecule has 212 valence electrons. The normalized spacial score (nSPS) is 16.6. The van der Waals surface area contributed by atoms with Gasteiger partial charge in [0.05, 0.1) is 17.6 Å². The van der Waals surface area contributed by atoms with E-state index in [4.69, 9.17) is 4.98 Å². The fraction of sp³-hybridized carbons (Fsp3) is 0.394. The van der Waals surface area contributed by atoms with Crippen LogP contribution in [0.1, 0.15) is 54.8 Å². The first-order valence-electron chi connectivity index (χ1n) is 14.3. The zero-order valence-electron chi connectivity index (χ0n) is 24.2. The fourth-order valence-electron chi connectivity index (χ4n) is 6.42. The molecule has 0 unspecified atom stereocenters. The van der Waals surface area contributed by atoms with Crippen molar-refractivity contribution in [3.63, 3.8) is 0 Å². The summed E-state index contributed by atoms with van der Waals surface area (Å²) >= 11 is 0. The summed E-state index contributed by atoms with van der Waals surface area (Å²) in [6, 6.07) is 11.2. The third kappa shape index (κ3) is 5.23. The van der Waals surface area contributed by atoms with Gasteiger partial charge in [0.1, 0.15) is 18.0 Å². The molecule has 2 aliphatic rings. The number of rotatable bonds is 5. The van der Waals surface area contributed by atoms with E-state index in [-0.39, 0.29) is 17.7 Å². The van der Waals surface area contributed by atoms with E-state index in [2.05, 4.69) is 51.8 Å². The SMILES string of the molecule is Cc1nc(C)c(-c2ccc3c(c2)CCN(c2ncnc4ccc(F)cc24)C3)c(N2CCC(C)(C)CC2)c1CC(=O)O. The van der Waals surface area contributed by atoms with Crippen molar-refractivity contribution in [1.29, 1.82) is 0 Å². The summed E-state index contributed by atoms with van der Waals surface area (Å²) in [5.74, 6) is -0.393. The highest BCUT2D eigenvalue weighted by molar-refractivity contribution is 5.90. The topological polar surface area (TPSA) is 82.5 Å². The van der Waals surface area contributed by atoms with Crippen molar-refractivity contribution < 1.29 is 14.3 Å². The number of benzene rings is 2. The van der Waals surface area contributed by atoms with Crippen molar-refractivity contribution in [3.8, 4) is 11.1 Å². The smallest absolute Gasteiger partial charge is 0.307 e. The molecule has 0 amide bonds. The van der Waals surface area contributed by atoms with E-state index in [1.54, 1.807) is 12.4 Å². The Labute approximate surface area is 240 Å². The molecule has 1 saturated heterocycles. The van der Waals surface area contributed by atoms with Gasteiger partial charge >= 0.3 is 5.97 Å². The predicted molar refractivity (Wildman–Crippen MR) is 160 cm³/mol. The van der Waals surface area contributed by atoms with Crippen LogP contribution < -0.4 is 9.80 Å². The molecule has 0 bridgehead atoms. The molecule has 1 N–H and O–H groups in total. The number of carboxylic acids is 1. The summed E-state index contributed by atoms with van der Waals surface area (Å²) < 4.78 is 14.1. The molecule has 0 saturated carbocycles. The fourth-order valence-corrected chi connectivity index (χ4v) is 6.42.